The Bertz CT molecular complexity index is 804. The van der Waals surface area contributed by atoms with Crippen LogP contribution in [0.1, 0.15) is 40.5 Å². The van der Waals surface area contributed by atoms with Crippen molar-refractivity contribution in [3.63, 3.8) is 0 Å². The molecule has 0 radical (unpaired) electrons. The molecular formula is C22H34N4O6S2. The molecule has 2 aliphatic rings. The van der Waals surface area contributed by atoms with Crippen LogP contribution in [-0.4, -0.2) is 71.9 Å². The maximum atomic E-state index is 13.1. The number of ether oxygens (including phenoxy) is 1. The van der Waals surface area contributed by atoms with Crippen molar-refractivity contribution in [2.75, 3.05) is 18.1 Å². The summed E-state index contributed by atoms with van der Waals surface area (Å²) in [5.41, 5.74) is 0. The van der Waals surface area contributed by atoms with Crippen LogP contribution in [0, 0.1) is 11.8 Å². The van der Waals surface area contributed by atoms with Gasteiger partial charge in [-0.25, -0.2) is 0 Å². The average Bonchev–Trinajstić information content (AvgIpc) is 2.76. The van der Waals surface area contributed by atoms with E-state index < -0.39 is 60.4 Å². The minimum atomic E-state index is -0.913. The van der Waals surface area contributed by atoms with E-state index >= 15 is 0 Å². The van der Waals surface area contributed by atoms with E-state index in [1.54, 1.807) is 33.8 Å². The Morgan fingerprint density at radius 2 is 1.56 bits per heavy atom. The van der Waals surface area contributed by atoms with Crippen molar-refractivity contribution >= 4 is 51.2 Å². The molecule has 2 bridgehead atoms. The summed E-state index contributed by atoms with van der Waals surface area (Å²) in [6.07, 6.45) is 3.13. The molecule has 4 atom stereocenters. The van der Waals surface area contributed by atoms with Crippen molar-refractivity contribution in [3.05, 3.63) is 12.2 Å². The molecular weight excluding hydrogens is 480 g/mol. The molecule has 0 aromatic rings. The largest absolute Gasteiger partial charge is 0.456 e. The van der Waals surface area contributed by atoms with Gasteiger partial charge in [0.2, 0.25) is 23.6 Å². The topological polar surface area (TPSA) is 143 Å². The number of hydrogen-bond acceptors (Lipinski definition) is 8. The van der Waals surface area contributed by atoms with Crippen LogP contribution in [0.25, 0.3) is 0 Å². The molecule has 2 rings (SSSR count). The summed E-state index contributed by atoms with van der Waals surface area (Å²) >= 11 is 0. The van der Waals surface area contributed by atoms with Gasteiger partial charge < -0.3 is 26.0 Å². The third-order valence-corrected chi connectivity index (χ3v) is 7.71. The molecule has 1 saturated heterocycles. The Kier molecular flexibility index (Phi) is 11.2. The Morgan fingerprint density at radius 3 is 2.24 bits per heavy atom. The van der Waals surface area contributed by atoms with Gasteiger partial charge in [0.15, 0.2) is 0 Å². The number of rotatable bonds is 2. The standard InChI is InChI=1S/C22H34N4O6S2/c1-12(2)18-21(30)23-10-17(28)32-14-7-5-6-8-33-34-11-15(20(29)26-18)24-22(31)19(13(3)4)25-16(27)9-14/h5,7,12-15,18-19H,6,8-11H2,1-4H3,(H,23,30)(H,24,31)(H,25,27)(H,26,29)/t14-,15-,18-,19-/m1/s1. The van der Waals surface area contributed by atoms with Crippen molar-refractivity contribution < 1.29 is 28.7 Å². The average molecular weight is 515 g/mol. The molecule has 0 unspecified atom stereocenters. The highest BCUT2D eigenvalue weighted by atomic mass is 33.1. The van der Waals surface area contributed by atoms with E-state index in [1.807, 2.05) is 6.08 Å². The molecule has 0 aromatic carbocycles. The lowest BCUT2D eigenvalue weighted by atomic mass is 10.0. The summed E-state index contributed by atoms with van der Waals surface area (Å²) in [4.78, 5) is 64.0. The van der Waals surface area contributed by atoms with Crippen molar-refractivity contribution in [1.29, 1.82) is 0 Å². The fraction of sp³-hybridized carbons (Fsp3) is 0.682. The number of fused-ring (bicyclic) bond motifs is 7. The molecule has 2 aliphatic heterocycles. The number of carbonyl (C=O) groups excluding carboxylic acids is 5. The second-order valence-electron chi connectivity index (χ2n) is 8.85. The third-order valence-electron chi connectivity index (χ3n) is 5.26. The SMILES string of the molecule is CC(C)[C@H]1NC(=O)C[C@H]2C=CCCSSC[C@@H](NC1=O)C(=O)N[C@H](C(C)C)C(=O)NCC(=O)O2. The summed E-state index contributed by atoms with van der Waals surface area (Å²) in [7, 11) is 2.97. The van der Waals surface area contributed by atoms with Gasteiger partial charge in [-0.1, -0.05) is 55.4 Å². The van der Waals surface area contributed by atoms with E-state index in [2.05, 4.69) is 21.3 Å². The van der Waals surface area contributed by atoms with E-state index in [0.29, 0.717) is 6.42 Å². The van der Waals surface area contributed by atoms with Crippen LogP contribution in [0.2, 0.25) is 0 Å². The predicted molar refractivity (Wildman–Crippen MR) is 132 cm³/mol. The minimum absolute atomic E-state index is 0.173. The number of amides is 4. The summed E-state index contributed by atoms with van der Waals surface area (Å²) < 4.78 is 5.42. The zero-order valence-electron chi connectivity index (χ0n) is 19.9. The first-order valence-electron chi connectivity index (χ1n) is 11.4. The quantitative estimate of drug-likeness (QED) is 0.237. The van der Waals surface area contributed by atoms with Gasteiger partial charge in [-0.05, 0) is 24.3 Å². The van der Waals surface area contributed by atoms with E-state index in [4.69, 9.17) is 4.74 Å². The Balaban J connectivity index is 2.46. The van der Waals surface area contributed by atoms with Crippen LogP contribution >= 0.6 is 21.6 Å². The van der Waals surface area contributed by atoms with E-state index in [-0.39, 0.29) is 24.0 Å². The molecule has 0 saturated carbocycles. The molecule has 4 N–H and O–H groups in total. The molecule has 0 aliphatic carbocycles. The lowest BCUT2D eigenvalue weighted by Gasteiger charge is -2.28. The van der Waals surface area contributed by atoms with Crippen molar-refractivity contribution in [2.45, 2.75) is 64.8 Å². The normalized spacial score (nSPS) is 28.5. The van der Waals surface area contributed by atoms with Crippen LogP contribution in [0.3, 0.4) is 0 Å². The first-order chi connectivity index (χ1) is 16.1. The van der Waals surface area contributed by atoms with Gasteiger partial charge in [0, 0.05) is 11.5 Å². The molecule has 12 heteroatoms. The molecule has 4 amide bonds. The van der Waals surface area contributed by atoms with Gasteiger partial charge in [0.25, 0.3) is 0 Å². The third kappa shape index (κ3) is 8.86. The Morgan fingerprint density at radius 1 is 0.882 bits per heavy atom. The monoisotopic (exact) mass is 514 g/mol. The maximum Gasteiger partial charge on any atom is 0.326 e. The van der Waals surface area contributed by atoms with Gasteiger partial charge in [0.05, 0.1) is 6.42 Å². The summed E-state index contributed by atoms with van der Waals surface area (Å²) in [5.74, 6) is -2.23. The van der Waals surface area contributed by atoms with Crippen LogP contribution < -0.4 is 21.3 Å². The summed E-state index contributed by atoms with van der Waals surface area (Å²) in [6, 6.07) is -2.70. The Hall–Kier alpha value is -2.21. The molecule has 1 fully saturated rings. The van der Waals surface area contributed by atoms with Crippen molar-refractivity contribution in [3.8, 4) is 0 Å². The second kappa shape index (κ2) is 13.6. The van der Waals surface area contributed by atoms with Gasteiger partial charge >= 0.3 is 5.97 Å². The van der Waals surface area contributed by atoms with E-state index in [9.17, 15) is 24.0 Å². The summed E-state index contributed by atoms with van der Waals surface area (Å²) in [5, 5.41) is 10.7. The van der Waals surface area contributed by atoms with Crippen LogP contribution in [-0.2, 0) is 28.7 Å². The van der Waals surface area contributed by atoms with Gasteiger partial charge in [0.1, 0.15) is 30.8 Å². The fourth-order valence-corrected chi connectivity index (χ4v) is 5.51. The van der Waals surface area contributed by atoms with E-state index in [1.165, 1.54) is 21.6 Å². The highest BCUT2D eigenvalue weighted by molar-refractivity contribution is 8.76. The molecule has 2 heterocycles. The predicted octanol–water partition coefficient (Wildman–Crippen LogP) is 0.526. The number of carbonyl (C=O) groups is 5. The van der Waals surface area contributed by atoms with Crippen LogP contribution in [0.15, 0.2) is 12.2 Å². The number of esters is 1. The highest BCUT2D eigenvalue weighted by Crippen LogP contribution is 2.24. The lowest BCUT2D eigenvalue weighted by molar-refractivity contribution is -0.148. The van der Waals surface area contributed by atoms with E-state index in [0.717, 1.165) is 5.75 Å². The zero-order valence-corrected chi connectivity index (χ0v) is 21.6. The van der Waals surface area contributed by atoms with Crippen molar-refractivity contribution in [1.82, 2.24) is 21.3 Å². The zero-order chi connectivity index (χ0) is 25.3. The molecule has 0 spiro atoms. The fourth-order valence-electron chi connectivity index (χ4n) is 3.35. The minimum Gasteiger partial charge on any atom is -0.456 e. The maximum absolute atomic E-state index is 13.1. The molecule has 190 valence electrons. The number of hydrogen-bond donors (Lipinski definition) is 4. The molecule has 34 heavy (non-hydrogen) atoms. The smallest absolute Gasteiger partial charge is 0.326 e. The van der Waals surface area contributed by atoms with Crippen LogP contribution in [0.4, 0.5) is 0 Å². The highest BCUT2D eigenvalue weighted by Gasteiger charge is 2.33. The number of nitrogens with one attached hydrogen (secondary N) is 4. The van der Waals surface area contributed by atoms with Gasteiger partial charge in [-0.3, -0.25) is 24.0 Å². The van der Waals surface area contributed by atoms with Gasteiger partial charge in [-0.2, -0.15) is 0 Å². The van der Waals surface area contributed by atoms with Crippen molar-refractivity contribution in [2.24, 2.45) is 11.8 Å². The molecule has 10 nitrogen and oxygen atoms in total. The first-order valence-corrected chi connectivity index (χ1v) is 13.9. The summed E-state index contributed by atoms with van der Waals surface area (Å²) in [6.45, 7) is 6.71. The Labute approximate surface area is 207 Å². The lowest BCUT2D eigenvalue weighted by Crippen LogP contribution is -2.59. The number of allylic oxidation sites excluding steroid dienone is 1. The first kappa shape index (κ1) is 28.0. The van der Waals surface area contributed by atoms with Crippen LogP contribution in [0.5, 0.6) is 0 Å². The second-order valence-corrected chi connectivity index (χ2v) is 11.5. The van der Waals surface area contributed by atoms with Gasteiger partial charge in [-0.15, -0.1) is 0 Å². The molecule has 0 aromatic heterocycles.